The standard InChI is InChI=1S/C30H30F2N8O/c1-18(13-34-33-2)19-7-9-22(10-8-19)35-28-23-14-38(3)15-24(23)36-27(37-28)21-6-5-20-11-26(39(4)25(20)12-21)29(41)40-16-30(31,32)17-40/h5-13,34H,2,14-17H2,1,3-4H3,(H,35,36,37)/b18-13+. The van der Waals surface area contributed by atoms with Crippen LogP contribution in [0.4, 0.5) is 20.3 Å². The molecule has 41 heavy (non-hydrogen) atoms. The van der Waals surface area contributed by atoms with Crippen molar-refractivity contribution in [2.24, 2.45) is 12.1 Å². The number of rotatable bonds is 7. The number of allylic oxidation sites excluding steroid dienone is 1. The molecule has 0 aliphatic carbocycles. The van der Waals surface area contributed by atoms with E-state index in [1.54, 1.807) is 23.9 Å². The van der Waals surface area contributed by atoms with Gasteiger partial charge in [-0.2, -0.15) is 5.10 Å². The van der Waals surface area contributed by atoms with Crippen LogP contribution in [-0.2, 0) is 20.1 Å². The van der Waals surface area contributed by atoms with Crippen molar-refractivity contribution < 1.29 is 13.6 Å². The van der Waals surface area contributed by atoms with Gasteiger partial charge in [-0.3, -0.25) is 15.1 Å². The number of aryl methyl sites for hydroxylation is 1. The van der Waals surface area contributed by atoms with Gasteiger partial charge in [0.1, 0.15) is 11.5 Å². The van der Waals surface area contributed by atoms with E-state index in [0.717, 1.165) is 56.9 Å². The number of halogens is 2. The Kier molecular flexibility index (Phi) is 6.53. The minimum atomic E-state index is -2.81. The number of carbonyl (C=O) groups is 1. The molecule has 0 radical (unpaired) electrons. The van der Waals surface area contributed by atoms with E-state index in [9.17, 15) is 13.6 Å². The molecule has 0 spiro atoms. The minimum absolute atomic E-state index is 0.372. The summed E-state index contributed by atoms with van der Waals surface area (Å²) in [6, 6.07) is 15.6. The summed E-state index contributed by atoms with van der Waals surface area (Å²) in [5, 5.41) is 7.97. The molecule has 4 aromatic rings. The molecule has 210 valence electrons. The van der Waals surface area contributed by atoms with Gasteiger partial charge < -0.3 is 14.8 Å². The van der Waals surface area contributed by atoms with Crippen LogP contribution in [0.15, 0.2) is 59.8 Å². The van der Waals surface area contributed by atoms with Gasteiger partial charge in [0.25, 0.3) is 11.8 Å². The molecule has 0 unspecified atom stereocenters. The van der Waals surface area contributed by atoms with Gasteiger partial charge in [-0.25, -0.2) is 18.7 Å². The molecule has 1 saturated heterocycles. The Balaban J connectivity index is 1.32. The van der Waals surface area contributed by atoms with Crippen LogP contribution in [0.2, 0.25) is 0 Å². The lowest BCUT2D eigenvalue weighted by atomic mass is 10.1. The molecule has 0 bridgehead atoms. The number of anilines is 2. The number of amides is 1. The maximum absolute atomic E-state index is 13.4. The molecule has 2 aliphatic heterocycles. The van der Waals surface area contributed by atoms with Crippen LogP contribution in [0, 0.1) is 0 Å². The molecule has 1 fully saturated rings. The number of likely N-dealkylation sites (tertiary alicyclic amines) is 1. The highest BCUT2D eigenvalue weighted by atomic mass is 19.3. The highest BCUT2D eigenvalue weighted by Crippen LogP contribution is 2.33. The number of hydrogen-bond donors (Lipinski definition) is 2. The number of fused-ring (bicyclic) bond motifs is 2. The normalized spacial score (nSPS) is 16.4. The summed E-state index contributed by atoms with van der Waals surface area (Å²) in [5.41, 5.74) is 9.72. The van der Waals surface area contributed by atoms with E-state index in [4.69, 9.17) is 9.97 Å². The number of alkyl halides is 2. The summed E-state index contributed by atoms with van der Waals surface area (Å²) in [7, 11) is 3.82. The highest BCUT2D eigenvalue weighted by Gasteiger charge is 2.46. The lowest BCUT2D eigenvalue weighted by Gasteiger charge is -2.38. The van der Waals surface area contributed by atoms with E-state index in [2.05, 4.69) is 27.5 Å². The van der Waals surface area contributed by atoms with Gasteiger partial charge in [-0.1, -0.05) is 24.3 Å². The molecule has 11 heteroatoms. The Morgan fingerprint density at radius 3 is 2.54 bits per heavy atom. The average Bonchev–Trinajstić information content (AvgIpc) is 3.49. The zero-order chi connectivity index (χ0) is 28.9. The van der Waals surface area contributed by atoms with Crippen molar-refractivity contribution in [3.8, 4) is 11.4 Å². The number of hydrogen-bond acceptors (Lipinski definition) is 7. The van der Waals surface area contributed by atoms with E-state index < -0.39 is 24.9 Å². The highest BCUT2D eigenvalue weighted by molar-refractivity contribution is 6.00. The lowest BCUT2D eigenvalue weighted by molar-refractivity contribution is -0.113. The number of nitrogens with zero attached hydrogens (tertiary/aromatic N) is 6. The topological polar surface area (TPSA) is 90.7 Å². The summed E-state index contributed by atoms with van der Waals surface area (Å²) in [6.07, 6.45) is 1.79. The fourth-order valence-corrected chi connectivity index (χ4v) is 5.31. The van der Waals surface area contributed by atoms with Gasteiger partial charge >= 0.3 is 0 Å². The first-order valence-electron chi connectivity index (χ1n) is 13.2. The molecule has 0 saturated carbocycles. The number of hydrazone groups is 1. The third-order valence-electron chi connectivity index (χ3n) is 7.57. The van der Waals surface area contributed by atoms with Crippen molar-refractivity contribution in [2.75, 3.05) is 25.5 Å². The summed E-state index contributed by atoms with van der Waals surface area (Å²) < 4.78 is 28.5. The van der Waals surface area contributed by atoms with Crippen LogP contribution in [0.25, 0.3) is 27.9 Å². The molecule has 1 amide bonds. The zero-order valence-corrected chi connectivity index (χ0v) is 23.1. The van der Waals surface area contributed by atoms with Gasteiger partial charge in [0.05, 0.1) is 18.8 Å². The summed E-state index contributed by atoms with van der Waals surface area (Å²) in [6.45, 7) is 5.76. The van der Waals surface area contributed by atoms with Crippen LogP contribution < -0.4 is 10.7 Å². The second-order valence-electron chi connectivity index (χ2n) is 10.7. The molecule has 2 aromatic carbocycles. The maximum Gasteiger partial charge on any atom is 0.282 e. The molecule has 6 rings (SSSR count). The predicted molar refractivity (Wildman–Crippen MR) is 156 cm³/mol. The second kappa shape index (κ2) is 10.1. The van der Waals surface area contributed by atoms with Crippen molar-refractivity contribution in [3.63, 3.8) is 0 Å². The van der Waals surface area contributed by atoms with Crippen molar-refractivity contribution in [3.05, 3.63) is 77.2 Å². The Labute approximate surface area is 236 Å². The number of carbonyl (C=O) groups excluding carboxylic acids is 1. The fraction of sp³-hybridized carbons (Fsp3) is 0.267. The Morgan fingerprint density at radius 2 is 1.83 bits per heavy atom. The van der Waals surface area contributed by atoms with Crippen LogP contribution in [0.5, 0.6) is 0 Å². The SMILES string of the molecule is C=NN/C=C(\C)c1ccc(Nc2nc(-c3ccc4cc(C(=O)N5CC(F)(F)C5)n(C)c4c3)nc3c2CN(C)C3)cc1. The van der Waals surface area contributed by atoms with Crippen molar-refractivity contribution in [1.82, 2.24) is 29.8 Å². The van der Waals surface area contributed by atoms with Crippen molar-refractivity contribution >= 4 is 40.6 Å². The third kappa shape index (κ3) is 5.04. The quantitative estimate of drug-likeness (QED) is 0.247. The molecule has 2 aromatic heterocycles. The molecule has 0 atom stereocenters. The Morgan fingerprint density at radius 1 is 1.07 bits per heavy atom. The van der Waals surface area contributed by atoms with Crippen LogP contribution >= 0.6 is 0 Å². The molecular formula is C30H30F2N8O. The van der Waals surface area contributed by atoms with Crippen molar-refractivity contribution in [2.45, 2.75) is 25.9 Å². The first-order valence-corrected chi connectivity index (χ1v) is 13.2. The molecule has 4 heterocycles. The zero-order valence-electron chi connectivity index (χ0n) is 23.1. The summed E-state index contributed by atoms with van der Waals surface area (Å²) in [5.74, 6) is -1.90. The van der Waals surface area contributed by atoms with E-state index in [0.29, 0.717) is 18.1 Å². The fourth-order valence-electron chi connectivity index (χ4n) is 5.31. The van der Waals surface area contributed by atoms with Gasteiger partial charge in [0, 0.05) is 60.8 Å². The Hall–Kier alpha value is -4.64. The lowest BCUT2D eigenvalue weighted by Crippen LogP contribution is -2.58. The number of benzene rings is 2. The van der Waals surface area contributed by atoms with E-state index in [1.165, 1.54) is 4.90 Å². The van der Waals surface area contributed by atoms with Crippen LogP contribution in [0.1, 0.15) is 34.2 Å². The Bertz CT molecular complexity index is 1700. The summed E-state index contributed by atoms with van der Waals surface area (Å²) in [4.78, 5) is 26.0. The molecule has 2 N–H and O–H groups in total. The molecule has 9 nitrogen and oxygen atoms in total. The monoisotopic (exact) mass is 556 g/mol. The van der Waals surface area contributed by atoms with E-state index in [-0.39, 0.29) is 0 Å². The average molecular weight is 557 g/mol. The maximum atomic E-state index is 13.4. The van der Waals surface area contributed by atoms with E-state index in [1.807, 2.05) is 56.4 Å². The molecular weight excluding hydrogens is 526 g/mol. The number of nitrogens with one attached hydrogen (secondary N) is 2. The van der Waals surface area contributed by atoms with Crippen LogP contribution in [0.3, 0.4) is 0 Å². The number of aromatic nitrogens is 3. The first-order chi connectivity index (χ1) is 19.6. The van der Waals surface area contributed by atoms with Crippen molar-refractivity contribution in [1.29, 1.82) is 0 Å². The van der Waals surface area contributed by atoms with Gasteiger partial charge in [0.15, 0.2) is 5.82 Å². The largest absolute Gasteiger partial charge is 0.340 e. The van der Waals surface area contributed by atoms with Gasteiger partial charge in [-0.05, 0) is 49.4 Å². The molecule has 2 aliphatic rings. The van der Waals surface area contributed by atoms with E-state index >= 15 is 0 Å². The second-order valence-corrected chi connectivity index (χ2v) is 10.7. The first kappa shape index (κ1) is 26.6. The smallest absolute Gasteiger partial charge is 0.282 e. The van der Waals surface area contributed by atoms with Gasteiger partial charge in [-0.15, -0.1) is 0 Å². The van der Waals surface area contributed by atoms with Crippen LogP contribution in [-0.4, -0.2) is 63.0 Å². The predicted octanol–water partition coefficient (Wildman–Crippen LogP) is 4.98. The minimum Gasteiger partial charge on any atom is -0.340 e. The summed E-state index contributed by atoms with van der Waals surface area (Å²) >= 11 is 0. The van der Waals surface area contributed by atoms with Gasteiger partial charge in [0.2, 0.25) is 0 Å². The third-order valence-corrected chi connectivity index (χ3v) is 7.57.